The van der Waals surface area contributed by atoms with Gasteiger partial charge in [-0.2, -0.15) is 0 Å². The van der Waals surface area contributed by atoms with E-state index in [1.165, 1.54) is 12.1 Å². The predicted molar refractivity (Wildman–Crippen MR) is 72.3 cm³/mol. The summed E-state index contributed by atoms with van der Waals surface area (Å²) in [4.78, 5) is 10.2. The monoisotopic (exact) mass is 287 g/mol. The molecule has 0 aliphatic carbocycles. The van der Waals surface area contributed by atoms with Crippen molar-refractivity contribution in [1.82, 2.24) is 10.0 Å². The van der Waals surface area contributed by atoms with Gasteiger partial charge in [-0.05, 0) is 6.54 Å². The molecular weight excluding hydrogens is 270 g/mol. The van der Waals surface area contributed by atoms with Crippen molar-refractivity contribution in [1.29, 1.82) is 0 Å². The number of nitro groups is 1. The number of benzene rings is 1. The van der Waals surface area contributed by atoms with E-state index in [9.17, 15) is 18.5 Å². The fourth-order valence-corrected chi connectivity index (χ4v) is 2.41. The van der Waals surface area contributed by atoms with Crippen LogP contribution in [0.15, 0.2) is 24.3 Å². The Balaban J connectivity index is 2.64. The number of nitrogens with one attached hydrogen (secondary N) is 2. The molecule has 1 aromatic carbocycles. The maximum Gasteiger partial charge on any atom is 0.273 e. The van der Waals surface area contributed by atoms with E-state index in [1.54, 1.807) is 12.1 Å². The highest BCUT2D eigenvalue weighted by Crippen LogP contribution is 2.17. The third kappa shape index (κ3) is 5.33. The number of hydrogen-bond donors (Lipinski definition) is 2. The van der Waals surface area contributed by atoms with E-state index in [4.69, 9.17) is 0 Å². The van der Waals surface area contributed by atoms with Gasteiger partial charge in [-0.25, -0.2) is 13.1 Å². The Labute approximate surface area is 112 Å². The summed E-state index contributed by atoms with van der Waals surface area (Å²) in [6.45, 7) is 2.85. The minimum Gasteiger partial charge on any atom is -0.316 e. The number of rotatable bonds is 8. The summed E-state index contributed by atoms with van der Waals surface area (Å²) in [6, 6.07) is 6.06. The minimum absolute atomic E-state index is 0.0541. The molecule has 0 fully saturated rings. The highest BCUT2D eigenvalue weighted by molar-refractivity contribution is 7.89. The molecule has 8 heteroatoms. The molecule has 0 unspecified atom stereocenters. The van der Waals surface area contributed by atoms with Gasteiger partial charge in [-0.15, -0.1) is 0 Å². The van der Waals surface area contributed by atoms with Gasteiger partial charge in [0.15, 0.2) is 0 Å². The van der Waals surface area contributed by atoms with Crippen molar-refractivity contribution >= 4 is 15.7 Å². The van der Waals surface area contributed by atoms with Gasteiger partial charge in [0.25, 0.3) is 5.69 Å². The average Bonchev–Trinajstić information content (AvgIpc) is 2.37. The fourth-order valence-electron chi connectivity index (χ4n) is 1.48. The quantitative estimate of drug-likeness (QED) is 0.415. The molecule has 0 bridgehead atoms. The van der Waals surface area contributed by atoms with Gasteiger partial charge < -0.3 is 5.32 Å². The lowest BCUT2D eigenvalue weighted by molar-refractivity contribution is -0.385. The molecule has 0 atom stereocenters. The summed E-state index contributed by atoms with van der Waals surface area (Å²) in [5.74, 6) is -0.0541. The van der Waals surface area contributed by atoms with Crippen LogP contribution in [0.5, 0.6) is 0 Å². The Kier molecular flexibility index (Phi) is 5.87. The van der Waals surface area contributed by atoms with E-state index in [1.807, 2.05) is 6.92 Å². The molecule has 0 aliphatic rings. The first-order valence-corrected chi connectivity index (χ1v) is 7.52. The molecule has 0 spiro atoms. The first-order valence-electron chi connectivity index (χ1n) is 5.86. The van der Waals surface area contributed by atoms with E-state index < -0.39 is 14.9 Å². The number of sulfonamides is 1. The summed E-state index contributed by atoms with van der Waals surface area (Å²) >= 11 is 0. The second kappa shape index (κ2) is 7.17. The van der Waals surface area contributed by atoms with Gasteiger partial charge in [0.1, 0.15) is 0 Å². The second-order valence-electron chi connectivity index (χ2n) is 3.88. The van der Waals surface area contributed by atoms with Gasteiger partial charge >= 0.3 is 0 Å². The van der Waals surface area contributed by atoms with Crippen molar-refractivity contribution < 1.29 is 13.3 Å². The van der Waals surface area contributed by atoms with Crippen molar-refractivity contribution in [2.24, 2.45) is 0 Å². The Morgan fingerprint density at radius 1 is 1.32 bits per heavy atom. The summed E-state index contributed by atoms with van der Waals surface area (Å²) in [7, 11) is -3.43. The lowest BCUT2D eigenvalue weighted by Gasteiger charge is -2.07. The van der Waals surface area contributed by atoms with Crippen LogP contribution in [0.25, 0.3) is 0 Å². The largest absolute Gasteiger partial charge is 0.316 e. The zero-order chi connectivity index (χ0) is 14.3. The van der Waals surface area contributed by atoms with Gasteiger partial charge in [-0.1, -0.05) is 25.1 Å². The van der Waals surface area contributed by atoms with Gasteiger partial charge in [0, 0.05) is 24.7 Å². The maximum atomic E-state index is 11.6. The molecule has 2 N–H and O–H groups in total. The fraction of sp³-hybridized carbons (Fsp3) is 0.455. The standard InChI is InChI=1S/C11H17N3O4S/c1-2-12-7-8-19(17,18)13-9-10-5-3-4-6-11(10)14(15)16/h3-6,12-13H,2,7-9H2,1H3. The molecule has 19 heavy (non-hydrogen) atoms. The molecule has 0 radical (unpaired) electrons. The number of hydrogen-bond acceptors (Lipinski definition) is 5. The van der Waals surface area contributed by atoms with Crippen molar-refractivity contribution in [2.45, 2.75) is 13.5 Å². The van der Waals surface area contributed by atoms with E-state index >= 15 is 0 Å². The molecule has 0 saturated carbocycles. The summed E-state index contributed by atoms with van der Waals surface area (Å²) < 4.78 is 25.6. The molecular formula is C11H17N3O4S. The lowest BCUT2D eigenvalue weighted by Crippen LogP contribution is -2.31. The van der Waals surface area contributed by atoms with E-state index in [0.717, 1.165) is 0 Å². The van der Waals surface area contributed by atoms with Gasteiger partial charge in [0.2, 0.25) is 10.0 Å². The molecule has 1 rings (SSSR count). The van der Waals surface area contributed by atoms with Gasteiger partial charge in [0.05, 0.1) is 10.7 Å². The van der Waals surface area contributed by atoms with Crippen molar-refractivity contribution in [3.8, 4) is 0 Å². The Morgan fingerprint density at radius 2 is 2.00 bits per heavy atom. The maximum absolute atomic E-state index is 11.6. The number of nitro benzene ring substituents is 1. The average molecular weight is 287 g/mol. The first-order chi connectivity index (χ1) is 8.96. The van der Waals surface area contributed by atoms with Crippen LogP contribution >= 0.6 is 0 Å². The second-order valence-corrected chi connectivity index (χ2v) is 5.81. The van der Waals surface area contributed by atoms with Crippen molar-refractivity contribution in [3.05, 3.63) is 39.9 Å². The Bertz CT molecular complexity index is 530. The third-order valence-electron chi connectivity index (χ3n) is 2.47. The van der Waals surface area contributed by atoms with Crippen LogP contribution in [0.4, 0.5) is 5.69 Å². The zero-order valence-corrected chi connectivity index (χ0v) is 11.4. The van der Waals surface area contributed by atoms with Crippen molar-refractivity contribution in [2.75, 3.05) is 18.8 Å². The highest BCUT2D eigenvalue weighted by Gasteiger charge is 2.15. The summed E-state index contributed by atoms with van der Waals surface area (Å²) in [5.41, 5.74) is 0.261. The van der Waals surface area contributed by atoms with Gasteiger partial charge in [-0.3, -0.25) is 10.1 Å². The lowest BCUT2D eigenvalue weighted by atomic mass is 10.2. The van der Waals surface area contributed by atoms with Crippen LogP contribution in [0.1, 0.15) is 12.5 Å². The van der Waals surface area contributed by atoms with Crippen LogP contribution in [-0.2, 0) is 16.6 Å². The van der Waals surface area contributed by atoms with E-state index in [2.05, 4.69) is 10.0 Å². The van der Waals surface area contributed by atoms with Crippen LogP contribution in [0.3, 0.4) is 0 Å². The minimum atomic E-state index is -3.43. The zero-order valence-electron chi connectivity index (χ0n) is 10.6. The summed E-state index contributed by atoms with van der Waals surface area (Å²) in [5, 5.41) is 13.7. The first kappa shape index (κ1) is 15.5. The Morgan fingerprint density at radius 3 is 2.63 bits per heavy atom. The van der Waals surface area contributed by atoms with E-state index in [0.29, 0.717) is 18.7 Å². The third-order valence-corrected chi connectivity index (χ3v) is 3.79. The molecule has 1 aromatic rings. The van der Waals surface area contributed by atoms with Crippen LogP contribution < -0.4 is 10.0 Å². The Hall–Kier alpha value is -1.51. The molecule has 0 saturated heterocycles. The SMILES string of the molecule is CCNCCS(=O)(=O)NCc1ccccc1[N+](=O)[O-]. The van der Waals surface area contributed by atoms with Crippen molar-refractivity contribution in [3.63, 3.8) is 0 Å². The molecule has 106 valence electrons. The van der Waals surface area contributed by atoms with Crippen LogP contribution in [0.2, 0.25) is 0 Å². The number of para-hydroxylation sites is 1. The molecule has 0 aromatic heterocycles. The molecule has 0 amide bonds. The smallest absolute Gasteiger partial charge is 0.273 e. The molecule has 7 nitrogen and oxygen atoms in total. The molecule has 0 aliphatic heterocycles. The van der Waals surface area contributed by atoms with Crippen LogP contribution in [0, 0.1) is 10.1 Å². The topological polar surface area (TPSA) is 101 Å². The van der Waals surface area contributed by atoms with Crippen LogP contribution in [-0.4, -0.2) is 32.2 Å². The van der Waals surface area contributed by atoms with E-state index in [-0.39, 0.29) is 18.0 Å². The number of nitrogens with zero attached hydrogens (tertiary/aromatic N) is 1. The summed E-state index contributed by atoms with van der Waals surface area (Å²) in [6.07, 6.45) is 0. The normalized spacial score (nSPS) is 11.4. The highest BCUT2D eigenvalue weighted by atomic mass is 32.2. The predicted octanol–water partition coefficient (Wildman–Crippen LogP) is 0.624. The molecule has 0 heterocycles.